The van der Waals surface area contributed by atoms with Gasteiger partial charge in [0.25, 0.3) is 0 Å². The van der Waals surface area contributed by atoms with Gasteiger partial charge in [-0.1, -0.05) is 65.1 Å². The highest BCUT2D eigenvalue weighted by Crippen LogP contribution is 2.54. The number of rotatable bonds is 3. The molecule has 0 aromatic heterocycles. The first-order valence-corrected chi connectivity index (χ1v) is 7.72. The van der Waals surface area contributed by atoms with Crippen LogP contribution in [0.4, 0.5) is 0 Å². The Morgan fingerprint density at radius 3 is 2.00 bits per heavy atom. The van der Waals surface area contributed by atoms with Crippen molar-refractivity contribution in [2.24, 2.45) is 0 Å². The monoisotopic (exact) mass is 260 g/mol. The van der Waals surface area contributed by atoms with E-state index >= 15 is 0 Å². The fraction of sp³-hybridized carbons (Fsp3) is 0.375. The molecule has 0 fully saturated rings. The van der Waals surface area contributed by atoms with Crippen LogP contribution in [0.2, 0.25) is 0 Å². The third-order valence-electron chi connectivity index (χ3n) is 3.10. The molecule has 0 amide bonds. The second-order valence-corrected chi connectivity index (χ2v) is 8.69. The van der Waals surface area contributed by atoms with E-state index in [9.17, 15) is 0 Å². The minimum atomic E-state index is -0.245. The highest BCUT2D eigenvalue weighted by atomic mass is 31.1. The minimum absolute atomic E-state index is 0.245. The van der Waals surface area contributed by atoms with E-state index in [1.54, 1.807) is 7.11 Å². The van der Waals surface area contributed by atoms with Gasteiger partial charge in [0, 0.05) is 5.66 Å². The predicted molar refractivity (Wildman–Crippen MR) is 81.4 cm³/mol. The van der Waals surface area contributed by atoms with Gasteiger partial charge < -0.3 is 4.74 Å². The lowest BCUT2D eigenvalue weighted by Crippen LogP contribution is -2.24. The Balaban J connectivity index is 2.33. The standard InChI is InChI=1S/C16H21OP/c1-16(2,3)18(14-7-5-6-8-14)15-11-9-13(17-4)10-12-15/h5-12,14H,1-4H3. The number of allylic oxidation sites excluding steroid dienone is 4. The lowest BCUT2D eigenvalue weighted by molar-refractivity contribution is 0.415. The van der Waals surface area contributed by atoms with E-state index in [4.69, 9.17) is 4.74 Å². The average Bonchev–Trinajstić information content (AvgIpc) is 2.82. The fourth-order valence-electron chi connectivity index (χ4n) is 2.34. The van der Waals surface area contributed by atoms with Crippen LogP contribution in [0, 0.1) is 0 Å². The molecule has 1 atom stereocenters. The zero-order valence-electron chi connectivity index (χ0n) is 11.6. The molecule has 1 nitrogen and oxygen atoms in total. The van der Waals surface area contributed by atoms with Gasteiger partial charge in [-0.2, -0.15) is 0 Å². The van der Waals surface area contributed by atoms with Crippen molar-refractivity contribution in [2.45, 2.75) is 31.6 Å². The van der Waals surface area contributed by atoms with E-state index in [0.29, 0.717) is 10.8 Å². The van der Waals surface area contributed by atoms with Crippen LogP contribution in [0.5, 0.6) is 5.75 Å². The fourth-order valence-corrected chi connectivity index (χ4v) is 5.37. The van der Waals surface area contributed by atoms with Crippen molar-refractivity contribution in [3.8, 4) is 5.75 Å². The van der Waals surface area contributed by atoms with Crippen molar-refractivity contribution < 1.29 is 4.74 Å². The van der Waals surface area contributed by atoms with Gasteiger partial charge in [-0.3, -0.25) is 0 Å². The summed E-state index contributed by atoms with van der Waals surface area (Å²) in [6.07, 6.45) is 8.97. The molecule has 0 N–H and O–H groups in total. The van der Waals surface area contributed by atoms with E-state index < -0.39 is 0 Å². The highest BCUT2D eigenvalue weighted by Gasteiger charge is 2.31. The maximum absolute atomic E-state index is 5.24. The van der Waals surface area contributed by atoms with E-state index in [1.165, 1.54) is 5.30 Å². The molecular weight excluding hydrogens is 239 g/mol. The lowest BCUT2D eigenvalue weighted by atomic mass is 10.2. The summed E-state index contributed by atoms with van der Waals surface area (Å²) in [4.78, 5) is 0. The molecule has 1 aromatic carbocycles. The maximum Gasteiger partial charge on any atom is 0.118 e. The van der Waals surface area contributed by atoms with Gasteiger partial charge in [-0.05, 0) is 22.6 Å². The summed E-state index contributed by atoms with van der Waals surface area (Å²) in [6, 6.07) is 8.57. The minimum Gasteiger partial charge on any atom is -0.497 e. The van der Waals surface area contributed by atoms with Crippen molar-refractivity contribution in [1.29, 1.82) is 0 Å². The Bertz CT molecular complexity index is 439. The van der Waals surface area contributed by atoms with Crippen molar-refractivity contribution >= 4 is 13.2 Å². The van der Waals surface area contributed by atoms with Gasteiger partial charge in [0.15, 0.2) is 0 Å². The van der Waals surface area contributed by atoms with Gasteiger partial charge in [0.1, 0.15) is 5.75 Å². The van der Waals surface area contributed by atoms with Crippen LogP contribution in [-0.4, -0.2) is 17.9 Å². The van der Waals surface area contributed by atoms with E-state index in [1.807, 2.05) is 0 Å². The van der Waals surface area contributed by atoms with Crippen LogP contribution in [0.15, 0.2) is 48.6 Å². The van der Waals surface area contributed by atoms with Crippen molar-refractivity contribution in [3.05, 3.63) is 48.6 Å². The number of ether oxygens (including phenoxy) is 1. The molecule has 1 aromatic rings. The average molecular weight is 260 g/mol. The number of hydrogen-bond donors (Lipinski definition) is 0. The molecule has 2 heteroatoms. The lowest BCUT2D eigenvalue weighted by Gasteiger charge is -2.35. The first-order chi connectivity index (χ1) is 8.52. The quantitative estimate of drug-likeness (QED) is 0.744. The Hall–Kier alpha value is -1.07. The number of hydrogen-bond acceptors (Lipinski definition) is 1. The molecule has 1 unspecified atom stereocenters. The van der Waals surface area contributed by atoms with Crippen LogP contribution in [0.1, 0.15) is 20.8 Å². The smallest absolute Gasteiger partial charge is 0.118 e. The zero-order chi connectivity index (χ0) is 13.2. The molecule has 0 spiro atoms. The van der Waals surface area contributed by atoms with Crippen molar-refractivity contribution in [2.75, 3.05) is 7.11 Å². The van der Waals surface area contributed by atoms with Crippen LogP contribution in [-0.2, 0) is 0 Å². The first kappa shape index (κ1) is 13.4. The molecule has 18 heavy (non-hydrogen) atoms. The molecule has 0 bridgehead atoms. The van der Waals surface area contributed by atoms with Crippen molar-refractivity contribution in [1.82, 2.24) is 0 Å². The van der Waals surface area contributed by atoms with Gasteiger partial charge in [-0.15, -0.1) is 0 Å². The number of methoxy groups -OCH3 is 1. The molecule has 96 valence electrons. The topological polar surface area (TPSA) is 9.23 Å². The van der Waals surface area contributed by atoms with Crippen LogP contribution >= 0.6 is 7.92 Å². The number of benzene rings is 1. The molecule has 0 radical (unpaired) electrons. The largest absolute Gasteiger partial charge is 0.497 e. The van der Waals surface area contributed by atoms with E-state index in [2.05, 4.69) is 69.3 Å². The summed E-state index contributed by atoms with van der Waals surface area (Å²) < 4.78 is 5.24. The van der Waals surface area contributed by atoms with Crippen LogP contribution in [0.25, 0.3) is 0 Å². The summed E-state index contributed by atoms with van der Waals surface area (Å²) in [6.45, 7) is 7.01. The third-order valence-corrected chi connectivity index (χ3v) is 6.34. The van der Waals surface area contributed by atoms with Gasteiger partial charge in [-0.25, -0.2) is 0 Å². The second-order valence-electron chi connectivity index (χ2n) is 5.50. The Labute approximate surface area is 111 Å². The third kappa shape index (κ3) is 2.84. The molecule has 0 saturated carbocycles. The maximum atomic E-state index is 5.24. The van der Waals surface area contributed by atoms with Crippen molar-refractivity contribution in [3.63, 3.8) is 0 Å². The van der Waals surface area contributed by atoms with E-state index in [0.717, 1.165) is 5.75 Å². The van der Waals surface area contributed by atoms with Gasteiger partial charge in [0.05, 0.1) is 7.11 Å². The molecule has 0 heterocycles. The normalized spacial score (nSPS) is 17.1. The Morgan fingerprint density at radius 1 is 1.00 bits per heavy atom. The Morgan fingerprint density at radius 2 is 1.56 bits per heavy atom. The SMILES string of the molecule is COc1ccc(P(C2C=CC=C2)C(C)(C)C)cc1. The first-order valence-electron chi connectivity index (χ1n) is 6.31. The summed E-state index contributed by atoms with van der Waals surface area (Å²) in [5, 5.41) is 1.74. The molecule has 1 aliphatic rings. The summed E-state index contributed by atoms with van der Waals surface area (Å²) in [5.74, 6) is 0.931. The molecule has 1 aliphatic carbocycles. The molecule has 0 aliphatic heterocycles. The van der Waals surface area contributed by atoms with Crippen LogP contribution < -0.4 is 10.0 Å². The molecule has 0 saturated heterocycles. The summed E-state index contributed by atoms with van der Waals surface area (Å²) >= 11 is 0. The van der Waals surface area contributed by atoms with Gasteiger partial charge in [0.2, 0.25) is 0 Å². The summed E-state index contributed by atoms with van der Waals surface area (Å²) in [5.41, 5.74) is 0.563. The Kier molecular flexibility index (Phi) is 3.92. The highest BCUT2D eigenvalue weighted by molar-refractivity contribution is 7.68. The summed E-state index contributed by atoms with van der Waals surface area (Å²) in [7, 11) is 1.47. The molecular formula is C16H21OP. The zero-order valence-corrected chi connectivity index (χ0v) is 12.4. The predicted octanol–water partition coefficient (Wildman–Crippen LogP) is 4.10. The second kappa shape index (κ2) is 5.28. The molecule has 2 rings (SSSR count). The van der Waals surface area contributed by atoms with E-state index in [-0.39, 0.29) is 7.92 Å². The van der Waals surface area contributed by atoms with Gasteiger partial charge >= 0.3 is 0 Å². The van der Waals surface area contributed by atoms with Crippen LogP contribution in [0.3, 0.4) is 0 Å².